The molecule has 1 saturated heterocycles. The number of hydrogen-bond donors (Lipinski definition) is 0. The predicted octanol–water partition coefficient (Wildman–Crippen LogP) is 0.568. The first kappa shape index (κ1) is 22.7. The third-order valence-corrected chi connectivity index (χ3v) is 24.4. The van der Waals surface area contributed by atoms with Gasteiger partial charge in [-0.2, -0.15) is 0 Å². The van der Waals surface area contributed by atoms with Gasteiger partial charge in [0.2, 0.25) is 0 Å². The van der Waals surface area contributed by atoms with Crippen molar-refractivity contribution >= 4 is 8.07 Å². The van der Waals surface area contributed by atoms with Crippen LogP contribution in [0.2, 0.25) is 23.2 Å². The molecule has 4 heteroatoms. The molecular formula is C20H30Cl2HfSi. The van der Waals surface area contributed by atoms with E-state index in [1.165, 1.54) is 0 Å². The summed E-state index contributed by atoms with van der Waals surface area (Å²) >= 11 is -0.938. The Morgan fingerprint density at radius 3 is 1.21 bits per heavy atom. The second kappa shape index (κ2) is 6.36. The molecule has 2 aliphatic carbocycles. The maximum absolute atomic E-state index is 2.68. The molecular weight excluding hydrogens is 518 g/mol. The molecule has 24 heavy (non-hydrogen) atoms. The monoisotopic (exact) mass is 548 g/mol. The molecule has 0 nitrogen and oxygen atoms in total. The van der Waals surface area contributed by atoms with Crippen molar-refractivity contribution < 1.29 is 47.7 Å². The summed E-state index contributed by atoms with van der Waals surface area (Å²) < 4.78 is 3.88. The van der Waals surface area contributed by atoms with Crippen LogP contribution in [0.15, 0.2) is 40.1 Å². The molecule has 3 rings (SSSR count). The Labute approximate surface area is 173 Å². The minimum atomic E-state index is -1.58. The van der Waals surface area contributed by atoms with Gasteiger partial charge in [0.05, 0.1) is 0 Å². The topological polar surface area (TPSA) is 0 Å². The van der Waals surface area contributed by atoms with Crippen molar-refractivity contribution in [1.29, 1.82) is 0 Å². The number of rotatable bonds is 0. The van der Waals surface area contributed by atoms with E-state index in [2.05, 4.69) is 68.5 Å². The van der Waals surface area contributed by atoms with E-state index in [0.29, 0.717) is 10.1 Å². The van der Waals surface area contributed by atoms with E-state index in [1.807, 2.05) is 6.66 Å². The molecule has 2 unspecified atom stereocenters. The van der Waals surface area contributed by atoms with Gasteiger partial charge in [0, 0.05) is 0 Å². The van der Waals surface area contributed by atoms with Crippen LogP contribution in [0.25, 0.3) is 0 Å². The Morgan fingerprint density at radius 1 is 0.625 bits per heavy atom. The number of halogens is 2. The molecule has 0 saturated carbocycles. The minimum absolute atomic E-state index is 0. The molecule has 0 amide bonds. The molecule has 3 aliphatic rings. The zero-order valence-corrected chi connectivity index (χ0v) is 22.9. The van der Waals surface area contributed by atoms with E-state index in [-0.39, 0.29) is 24.8 Å². The van der Waals surface area contributed by atoms with Crippen LogP contribution < -0.4 is 24.8 Å². The van der Waals surface area contributed by atoms with Crippen molar-refractivity contribution in [2.45, 2.75) is 78.6 Å². The SMILES string of the molecule is CC1=C(C)C2(C)[C](=C1C)[Hf+2][C]1=C(C)C(C)=C(C)C1(C)[Si]2(C)C.[Cl-].[Cl-]. The van der Waals surface area contributed by atoms with Crippen LogP contribution in [0.3, 0.4) is 0 Å². The molecule has 0 N–H and O–H groups in total. The summed E-state index contributed by atoms with van der Waals surface area (Å²) in [6.07, 6.45) is 0. The molecule has 2 atom stereocenters. The van der Waals surface area contributed by atoms with Crippen LogP contribution in [0.1, 0.15) is 55.4 Å². The summed E-state index contributed by atoms with van der Waals surface area (Å²) in [5.74, 6) is 0. The molecule has 0 radical (unpaired) electrons. The first-order chi connectivity index (χ1) is 9.94. The Balaban J connectivity index is 0.00000144. The van der Waals surface area contributed by atoms with E-state index in [1.54, 1.807) is 33.4 Å². The van der Waals surface area contributed by atoms with Crippen molar-refractivity contribution in [1.82, 2.24) is 0 Å². The number of fused-ring (bicyclic) bond motifs is 2. The van der Waals surface area contributed by atoms with Crippen LogP contribution in [0.5, 0.6) is 0 Å². The fourth-order valence-corrected chi connectivity index (χ4v) is 24.8. The average Bonchev–Trinajstić information content (AvgIpc) is 2.73. The second-order valence-corrected chi connectivity index (χ2v) is 18.2. The van der Waals surface area contributed by atoms with Gasteiger partial charge >= 0.3 is 150 Å². The first-order valence-corrected chi connectivity index (χ1v) is 15.1. The normalized spacial score (nSPS) is 33.6. The summed E-state index contributed by atoms with van der Waals surface area (Å²) in [5.41, 5.74) is 10.00. The Hall–Kier alpha value is 0.627. The Morgan fingerprint density at radius 2 is 0.917 bits per heavy atom. The van der Waals surface area contributed by atoms with Gasteiger partial charge in [0.1, 0.15) is 0 Å². The van der Waals surface area contributed by atoms with Crippen molar-refractivity contribution in [2.75, 3.05) is 0 Å². The molecule has 1 aliphatic heterocycles. The fraction of sp³-hybridized carbons (Fsp3) is 0.600. The van der Waals surface area contributed by atoms with E-state index in [4.69, 9.17) is 0 Å². The molecule has 0 aromatic rings. The zero-order valence-electron chi connectivity index (χ0n) is 16.8. The quantitative estimate of drug-likeness (QED) is 0.389. The van der Waals surface area contributed by atoms with Gasteiger partial charge in [-0.3, -0.25) is 0 Å². The fourth-order valence-electron chi connectivity index (χ4n) is 5.44. The van der Waals surface area contributed by atoms with Crippen LogP contribution >= 0.6 is 0 Å². The average molecular weight is 548 g/mol. The number of hydrogen-bond acceptors (Lipinski definition) is 0. The summed E-state index contributed by atoms with van der Waals surface area (Å²) in [5, 5.41) is 0.823. The largest absolute Gasteiger partial charge is 1.00 e. The van der Waals surface area contributed by atoms with Crippen molar-refractivity contribution in [2.24, 2.45) is 0 Å². The summed E-state index contributed by atoms with van der Waals surface area (Å²) in [6.45, 7) is 25.1. The third-order valence-electron chi connectivity index (χ3n) is 8.25. The molecule has 1 heterocycles. The minimum Gasteiger partial charge on any atom is -1.00 e. The van der Waals surface area contributed by atoms with Gasteiger partial charge in [0.25, 0.3) is 0 Å². The van der Waals surface area contributed by atoms with Gasteiger partial charge in [-0.15, -0.1) is 0 Å². The van der Waals surface area contributed by atoms with Gasteiger partial charge in [-0.1, -0.05) is 0 Å². The van der Waals surface area contributed by atoms with Gasteiger partial charge in [-0.05, 0) is 0 Å². The Kier molecular flexibility index (Phi) is 6.00. The van der Waals surface area contributed by atoms with E-state index in [0.717, 1.165) is 0 Å². The molecule has 0 bridgehead atoms. The third kappa shape index (κ3) is 2.12. The smallest absolute Gasteiger partial charge is 1.00 e. The van der Waals surface area contributed by atoms with Crippen molar-refractivity contribution in [3.05, 3.63) is 40.1 Å². The zero-order chi connectivity index (χ0) is 16.8. The number of allylic oxidation sites excluding steroid dienone is 8. The molecule has 0 aromatic heterocycles. The first-order valence-electron chi connectivity index (χ1n) is 8.50. The van der Waals surface area contributed by atoms with Crippen molar-refractivity contribution in [3.8, 4) is 0 Å². The van der Waals surface area contributed by atoms with E-state index >= 15 is 0 Å². The predicted molar refractivity (Wildman–Crippen MR) is 96.4 cm³/mol. The van der Waals surface area contributed by atoms with Gasteiger partial charge in [0.15, 0.2) is 0 Å². The Bertz CT molecular complexity index is 679. The second-order valence-electron chi connectivity index (χ2n) is 8.50. The van der Waals surface area contributed by atoms with Crippen LogP contribution in [0, 0.1) is 0 Å². The van der Waals surface area contributed by atoms with Crippen molar-refractivity contribution in [3.63, 3.8) is 0 Å². The summed E-state index contributed by atoms with van der Waals surface area (Å²) in [6, 6.07) is 0. The maximum atomic E-state index is 2.68. The van der Waals surface area contributed by atoms with Crippen LogP contribution in [-0.2, 0) is 22.9 Å². The van der Waals surface area contributed by atoms with Crippen LogP contribution in [0.4, 0.5) is 0 Å². The molecule has 0 spiro atoms. The van der Waals surface area contributed by atoms with E-state index in [9.17, 15) is 0 Å². The molecule has 0 aromatic carbocycles. The van der Waals surface area contributed by atoms with Crippen LogP contribution in [-0.4, -0.2) is 8.07 Å². The standard InChI is InChI=1S/C20H30Si.2ClH.Hf/c1-13-11-19(7,17(5)15(13)3)21(9,10)20(8)12-14(2)16(4)18(20)6;;;/h1-10H3;2*1H;/q;;;+2/p-2. The maximum Gasteiger partial charge on any atom is -1.00 e. The molecule has 1 fully saturated rings. The van der Waals surface area contributed by atoms with Gasteiger partial charge in [-0.25, -0.2) is 0 Å². The van der Waals surface area contributed by atoms with E-state index < -0.39 is 31.0 Å². The summed E-state index contributed by atoms with van der Waals surface area (Å²) in [7, 11) is -1.58. The molecule has 132 valence electrons. The van der Waals surface area contributed by atoms with Gasteiger partial charge < -0.3 is 24.8 Å². The summed E-state index contributed by atoms with van der Waals surface area (Å²) in [4.78, 5) is 0.